The predicted octanol–water partition coefficient (Wildman–Crippen LogP) is -0.329. The van der Waals surface area contributed by atoms with E-state index in [1.807, 2.05) is 9.80 Å². The van der Waals surface area contributed by atoms with Crippen LogP contribution in [0.5, 0.6) is 5.75 Å². The molecule has 8 nitrogen and oxygen atoms in total. The lowest BCUT2D eigenvalue weighted by Gasteiger charge is -2.33. The van der Waals surface area contributed by atoms with Gasteiger partial charge in [0, 0.05) is 38.4 Å². The van der Waals surface area contributed by atoms with E-state index in [1.54, 1.807) is 17.1 Å². The van der Waals surface area contributed by atoms with E-state index in [0.29, 0.717) is 45.0 Å². The van der Waals surface area contributed by atoms with Crippen molar-refractivity contribution >= 4 is 17.5 Å². The van der Waals surface area contributed by atoms with Crippen molar-refractivity contribution in [1.82, 2.24) is 14.8 Å². The summed E-state index contributed by atoms with van der Waals surface area (Å²) in [6.07, 6.45) is 0.744. The van der Waals surface area contributed by atoms with Crippen LogP contribution >= 0.6 is 0 Å². The van der Waals surface area contributed by atoms with Gasteiger partial charge >= 0.3 is 0 Å². The van der Waals surface area contributed by atoms with E-state index in [-0.39, 0.29) is 23.5 Å². The van der Waals surface area contributed by atoms with E-state index in [4.69, 9.17) is 5.84 Å². The zero-order valence-electron chi connectivity index (χ0n) is 14.2. The van der Waals surface area contributed by atoms with Crippen LogP contribution in [0.3, 0.4) is 0 Å². The first kappa shape index (κ1) is 17.7. The number of phenolic OH excluding ortho intramolecular Hbond substituents is 1. The first-order chi connectivity index (χ1) is 12.0. The molecular weight excluding hydrogens is 322 g/mol. The maximum atomic E-state index is 12.4. The number of carbonyl (C=O) groups excluding carboxylic acids is 2. The third kappa shape index (κ3) is 4.68. The lowest BCUT2D eigenvalue weighted by molar-refractivity contribution is -0.134. The first-order valence-corrected chi connectivity index (χ1v) is 8.61. The quantitative estimate of drug-likeness (QED) is 0.509. The monoisotopic (exact) mass is 347 g/mol. The van der Waals surface area contributed by atoms with Crippen molar-refractivity contribution in [3.63, 3.8) is 0 Å². The largest absolute Gasteiger partial charge is 0.508 e. The summed E-state index contributed by atoms with van der Waals surface area (Å²) in [6, 6.07) is 6.41. The highest BCUT2D eigenvalue weighted by Crippen LogP contribution is 2.20. The highest BCUT2D eigenvalue weighted by molar-refractivity contribution is 5.93. The van der Waals surface area contributed by atoms with Crippen molar-refractivity contribution < 1.29 is 14.7 Å². The van der Waals surface area contributed by atoms with Crippen molar-refractivity contribution in [3.05, 3.63) is 24.3 Å². The summed E-state index contributed by atoms with van der Waals surface area (Å²) in [6.45, 7) is 4.41. The van der Waals surface area contributed by atoms with Gasteiger partial charge in [-0.2, -0.15) is 0 Å². The molecular formula is C17H25N5O3. The predicted molar refractivity (Wildman–Crippen MR) is 93.6 cm³/mol. The minimum absolute atomic E-state index is 0.0441. The lowest BCUT2D eigenvalue weighted by Crippen LogP contribution is -2.53. The number of nitrogens with two attached hydrogens (primary N) is 1. The Hall–Kier alpha value is -2.16. The molecule has 2 fully saturated rings. The molecule has 2 saturated heterocycles. The summed E-state index contributed by atoms with van der Waals surface area (Å²) in [5.41, 5.74) is 0.664. The van der Waals surface area contributed by atoms with E-state index < -0.39 is 0 Å². The van der Waals surface area contributed by atoms with Gasteiger partial charge in [-0.05, 0) is 37.2 Å². The van der Waals surface area contributed by atoms with E-state index >= 15 is 0 Å². The van der Waals surface area contributed by atoms with E-state index in [0.717, 1.165) is 13.0 Å². The number of nitrogens with one attached hydrogen (secondary N) is 1. The number of amides is 2. The molecule has 136 valence electrons. The smallest absolute Gasteiger partial charge is 0.236 e. The second-order valence-corrected chi connectivity index (χ2v) is 6.67. The first-order valence-electron chi connectivity index (χ1n) is 8.61. The van der Waals surface area contributed by atoms with Gasteiger partial charge in [-0.25, -0.2) is 5.01 Å². The van der Waals surface area contributed by atoms with Crippen LogP contribution in [0.25, 0.3) is 0 Å². The van der Waals surface area contributed by atoms with E-state index in [2.05, 4.69) is 5.32 Å². The molecule has 0 aliphatic carbocycles. The summed E-state index contributed by atoms with van der Waals surface area (Å²) in [5.74, 6) is 5.81. The maximum absolute atomic E-state index is 12.4. The zero-order chi connectivity index (χ0) is 17.8. The SMILES string of the molecule is NN1CCN(C(=O)CN2CC[C@@H](C(=O)Nc3ccc(O)cc3)C2)CC1. The number of aromatic hydroxyl groups is 1. The van der Waals surface area contributed by atoms with Gasteiger partial charge < -0.3 is 15.3 Å². The molecule has 2 aliphatic rings. The Bertz CT molecular complexity index is 613. The standard InChI is InChI=1S/C17H25N5O3/c18-22-9-7-21(8-10-22)16(24)12-20-6-5-13(11-20)17(25)19-14-1-3-15(23)4-2-14/h1-4,13,23H,5-12,18H2,(H,19,25)/t13-/m1/s1. The average molecular weight is 347 g/mol. The molecule has 4 N–H and O–H groups in total. The fraction of sp³-hybridized carbons (Fsp3) is 0.529. The number of likely N-dealkylation sites (tertiary alicyclic amines) is 1. The number of phenols is 1. The number of carbonyl (C=O) groups is 2. The zero-order valence-corrected chi connectivity index (χ0v) is 14.2. The fourth-order valence-corrected chi connectivity index (χ4v) is 3.24. The fourth-order valence-electron chi connectivity index (χ4n) is 3.24. The summed E-state index contributed by atoms with van der Waals surface area (Å²) in [4.78, 5) is 28.6. The second-order valence-electron chi connectivity index (χ2n) is 6.67. The molecule has 0 unspecified atom stereocenters. The van der Waals surface area contributed by atoms with Gasteiger partial charge in [-0.3, -0.25) is 20.3 Å². The molecule has 1 atom stereocenters. The molecule has 0 bridgehead atoms. The minimum Gasteiger partial charge on any atom is -0.508 e. The van der Waals surface area contributed by atoms with Gasteiger partial charge in [0.05, 0.1) is 12.5 Å². The number of anilines is 1. The number of rotatable bonds is 4. The van der Waals surface area contributed by atoms with Crippen LogP contribution in [0.2, 0.25) is 0 Å². The lowest BCUT2D eigenvalue weighted by atomic mass is 10.1. The van der Waals surface area contributed by atoms with Crippen molar-refractivity contribution in [1.29, 1.82) is 0 Å². The molecule has 2 amide bonds. The number of piperazine rings is 1. The Balaban J connectivity index is 1.45. The highest BCUT2D eigenvalue weighted by Gasteiger charge is 2.30. The van der Waals surface area contributed by atoms with Crippen molar-refractivity contribution in [2.45, 2.75) is 6.42 Å². The van der Waals surface area contributed by atoms with E-state index in [1.165, 1.54) is 12.1 Å². The van der Waals surface area contributed by atoms with Crippen molar-refractivity contribution in [3.8, 4) is 5.75 Å². The summed E-state index contributed by atoms with van der Waals surface area (Å²) < 4.78 is 0. The van der Waals surface area contributed by atoms with Gasteiger partial charge in [0.1, 0.15) is 5.75 Å². The van der Waals surface area contributed by atoms with Gasteiger partial charge in [0.2, 0.25) is 11.8 Å². The molecule has 2 heterocycles. The Morgan fingerprint density at radius 1 is 1.12 bits per heavy atom. The summed E-state index contributed by atoms with van der Waals surface area (Å²) >= 11 is 0. The van der Waals surface area contributed by atoms with Crippen molar-refractivity contribution in [2.75, 3.05) is 51.1 Å². The molecule has 1 aromatic rings. The highest BCUT2D eigenvalue weighted by atomic mass is 16.3. The molecule has 0 spiro atoms. The van der Waals surface area contributed by atoms with Crippen LogP contribution in [0, 0.1) is 5.92 Å². The normalized spacial score (nSPS) is 22.1. The van der Waals surface area contributed by atoms with Crippen LogP contribution < -0.4 is 11.2 Å². The molecule has 0 saturated carbocycles. The number of hydrogen-bond donors (Lipinski definition) is 3. The van der Waals surface area contributed by atoms with Gasteiger partial charge in [0.15, 0.2) is 0 Å². The number of benzene rings is 1. The van der Waals surface area contributed by atoms with Gasteiger partial charge in [-0.1, -0.05) is 0 Å². The molecule has 8 heteroatoms. The average Bonchev–Trinajstić information content (AvgIpc) is 3.06. The second kappa shape index (κ2) is 7.81. The molecule has 1 aromatic carbocycles. The molecule has 2 aliphatic heterocycles. The van der Waals surface area contributed by atoms with Gasteiger partial charge in [0.25, 0.3) is 0 Å². The van der Waals surface area contributed by atoms with Crippen LogP contribution in [0.15, 0.2) is 24.3 Å². The number of nitrogens with zero attached hydrogens (tertiary/aromatic N) is 3. The summed E-state index contributed by atoms with van der Waals surface area (Å²) in [7, 11) is 0. The van der Waals surface area contributed by atoms with Crippen LogP contribution in [0.1, 0.15) is 6.42 Å². The molecule has 0 aromatic heterocycles. The minimum atomic E-state index is -0.123. The van der Waals surface area contributed by atoms with Gasteiger partial charge in [-0.15, -0.1) is 0 Å². The summed E-state index contributed by atoms with van der Waals surface area (Å²) in [5, 5.41) is 13.9. The molecule has 0 radical (unpaired) electrons. The Morgan fingerprint density at radius 2 is 1.80 bits per heavy atom. The Kier molecular flexibility index (Phi) is 5.52. The number of hydrogen-bond acceptors (Lipinski definition) is 6. The third-order valence-electron chi connectivity index (χ3n) is 4.80. The molecule has 25 heavy (non-hydrogen) atoms. The molecule has 3 rings (SSSR count). The van der Waals surface area contributed by atoms with E-state index in [9.17, 15) is 14.7 Å². The van der Waals surface area contributed by atoms with Crippen LogP contribution in [-0.4, -0.2) is 77.5 Å². The Morgan fingerprint density at radius 3 is 2.48 bits per heavy atom. The van der Waals surface area contributed by atoms with Crippen LogP contribution in [-0.2, 0) is 9.59 Å². The maximum Gasteiger partial charge on any atom is 0.236 e. The topological polar surface area (TPSA) is 102 Å². The number of hydrazine groups is 1. The Labute approximate surface area is 147 Å². The van der Waals surface area contributed by atoms with Crippen molar-refractivity contribution in [2.24, 2.45) is 11.8 Å². The van der Waals surface area contributed by atoms with Crippen LogP contribution in [0.4, 0.5) is 5.69 Å². The third-order valence-corrected chi connectivity index (χ3v) is 4.80.